The predicted molar refractivity (Wildman–Crippen MR) is 201 cm³/mol. The molecule has 4 heteroatoms. The SMILES string of the molecule is C1=CCCC(C2=CC=C(C3NC(C4=CC(c5ccc6c(c5)C5CCCC=C5O6)=CCC4)NC(c4ccc(C5C=CCCC5)cc4)N3)CC2)=C1. The molecule has 5 aliphatic carbocycles. The maximum absolute atomic E-state index is 6.26. The van der Waals surface area contributed by atoms with E-state index < -0.39 is 0 Å². The van der Waals surface area contributed by atoms with Crippen LogP contribution in [-0.4, -0.2) is 12.3 Å². The van der Waals surface area contributed by atoms with Crippen molar-refractivity contribution in [1.29, 1.82) is 0 Å². The molecule has 1 saturated heterocycles. The zero-order valence-corrected chi connectivity index (χ0v) is 28.6. The minimum Gasteiger partial charge on any atom is -0.461 e. The van der Waals surface area contributed by atoms with Crippen molar-refractivity contribution < 1.29 is 4.74 Å². The zero-order chi connectivity index (χ0) is 32.6. The number of fused-ring (bicyclic) bond motifs is 3. The van der Waals surface area contributed by atoms with Gasteiger partial charge in [0, 0.05) is 17.4 Å². The van der Waals surface area contributed by atoms with E-state index in [1.54, 1.807) is 0 Å². The van der Waals surface area contributed by atoms with E-state index >= 15 is 0 Å². The van der Waals surface area contributed by atoms with Crippen LogP contribution in [0.3, 0.4) is 0 Å². The first-order chi connectivity index (χ1) is 24.2. The molecule has 9 rings (SSSR count). The molecule has 3 N–H and O–H groups in total. The molecule has 250 valence electrons. The van der Waals surface area contributed by atoms with Gasteiger partial charge in [0.05, 0.1) is 18.5 Å². The minimum absolute atomic E-state index is 0.0496. The van der Waals surface area contributed by atoms with E-state index in [2.05, 4.69) is 119 Å². The van der Waals surface area contributed by atoms with Crippen molar-refractivity contribution >= 4 is 5.57 Å². The number of allylic oxidation sites excluding steroid dienone is 14. The number of benzene rings is 2. The van der Waals surface area contributed by atoms with Gasteiger partial charge in [-0.05, 0) is 140 Å². The summed E-state index contributed by atoms with van der Waals surface area (Å²) in [7, 11) is 0. The first-order valence-corrected chi connectivity index (χ1v) is 19.0. The Labute approximate surface area is 292 Å². The molecule has 0 radical (unpaired) electrons. The summed E-state index contributed by atoms with van der Waals surface area (Å²) in [6, 6.07) is 16.3. The molecule has 0 saturated carbocycles. The number of nitrogens with one attached hydrogen (secondary N) is 3. The smallest absolute Gasteiger partial charge is 0.130 e. The van der Waals surface area contributed by atoms with E-state index in [9.17, 15) is 0 Å². The van der Waals surface area contributed by atoms with Crippen molar-refractivity contribution in [2.75, 3.05) is 0 Å². The Morgan fingerprint density at radius 3 is 2.29 bits per heavy atom. The highest BCUT2D eigenvalue weighted by molar-refractivity contribution is 5.77. The summed E-state index contributed by atoms with van der Waals surface area (Å²) in [6.45, 7) is 0. The van der Waals surface area contributed by atoms with E-state index in [0.717, 1.165) is 50.7 Å². The lowest BCUT2D eigenvalue weighted by atomic mass is 9.86. The van der Waals surface area contributed by atoms with Crippen molar-refractivity contribution in [2.45, 2.75) is 107 Å². The fraction of sp³-hybridized carbons (Fsp3) is 0.378. The van der Waals surface area contributed by atoms with Crippen LogP contribution in [0.4, 0.5) is 0 Å². The Morgan fingerprint density at radius 2 is 1.47 bits per heavy atom. The van der Waals surface area contributed by atoms with E-state index in [0.29, 0.717) is 11.8 Å². The maximum atomic E-state index is 6.26. The van der Waals surface area contributed by atoms with Crippen molar-refractivity contribution in [3.05, 3.63) is 154 Å². The van der Waals surface area contributed by atoms with Crippen LogP contribution < -0.4 is 20.7 Å². The molecule has 49 heavy (non-hydrogen) atoms. The lowest BCUT2D eigenvalue weighted by molar-refractivity contribution is 0.236. The lowest BCUT2D eigenvalue weighted by Gasteiger charge is -2.42. The Kier molecular flexibility index (Phi) is 8.71. The molecule has 0 spiro atoms. The van der Waals surface area contributed by atoms with Crippen LogP contribution in [0.5, 0.6) is 5.75 Å². The Hall–Kier alpha value is -3.96. The van der Waals surface area contributed by atoms with E-state index in [4.69, 9.17) is 4.74 Å². The second-order valence-electron chi connectivity index (χ2n) is 14.9. The number of rotatable bonds is 6. The van der Waals surface area contributed by atoms with Crippen LogP contribution in [0, 0.1) is 0 Å². The summed E-state index contributed by atoms with van der Waals surface area (Å²) < 4.78 is 6.26. The van der Waals surface area contributed by atoms with Gasteiger partial charge in [0.15, 0.2) is 0 Å². The lowest BCUT2D eigenvalue weighted by Crippen LogP contribution is -2.64. The summed E-state index contributed by atoms with van der Waals surface area (Å²) in [5.74, 6) is 3.19. The Balaban J connectivity index is 0.997. The standard InChI is InChI=1S/C45H49N3O/c1-3-10-30(11-4-1)32-18-22-34(23-19-32)43-46-44(35-24-20-33(21-25-35)31-12-5-2-6-13-31)48-45(47-43)38-15-9-14-36(28-38)37-26-27-42-40(29-37)39-16-7-8-17-41(39)49-42/h1,3,5,10,12,14,17-18,20-22,24-29,31,39,43-48H,2,4,6-9,11,13,15-16,19,23H2. The van der Waals surface area contributed by atoms with Crippen LogP contribution in [-0.2, 0) is 0 Å². The second-order valence-corrected chi connectivity index (χ2v) is 14.9. The summed E-state index contributed by atoms with van der Waals surface area (Å²) in [5.41, 5.74) is 12.6. The Morgan fingerprint density at radius 1 is 0.633 bits per heavy atom. The van der Waals surface area contributed by atoms with E-state index in [1.807, 2.05) is 0 Å². The van der Waals surface area contributed by atoms with Gasteiger partial charge in [-0.1, -0.05) is 85.0 Å². The molecule has 0 bridgehead atoms. The highest BCUT2D eigenvalue weighted by atomic mass is 16.5. The molecular weight excluding hydrogens is 599 g/mol. The topological polar surface area (TPSA) is 45.3 Å². The van der Waals surface area contributed by atoms with Crippen molar-refractivity contribution in [3.63, 3.8) is 0 Å². The van der Waals surface area contributed by atoms with Crippen molar-refractivity contribution in [3.8, 4) is 5.75 Å². The average Bonchev–Trinajstić information content (AvgIpc) is 3.57. The van der Waals surface area contributed by atoms with Crippen LogP contribution in [0.2, 0.25) is 0 Å². The van der Waals surface area contributed by atoms with Crippen LogP contribution in [0.15, 0.2) is 131 Å². The Bertz CT molecular complexity index is 1850. The highest BCUT2D eigenvalue weighted by Crippen LogP contribution is 2.47. The molecule has 2 aromatic rings. The van der Waals surface area contributed by atoms with Gasteiger partial charge in [0.2, 0.25) is 0 Å². The minimum atomic E-state index is 0.0496. The van der Waals surface area contributed by atoms with Gasteiger partial charge < -0.3 is 4.74 Å². The zero-order valence-electron chi connectivity index (χ0n) is 28.6. The molecule has 5 unspecified atom stereocenters. The molecule has 1 fully saturated rings. The summed E-state index contributed by atoms with van der Waals surface area (Å²) in [6.07, 6.45) is 37.7. The maximum Gasteiger partial charge on any atom is 0.130 e. The third kappa shape index (κ3) is 6.43. The van der Waals surface area contributed by atoms with Gasteiger partial charge in [-0.3, -0.25) is 16.0 Å². The van der Waals surface area contributed by atoms with Crippen molar-refractivity contribution in [2.24, 2.45) is 0 Å². The number of hydrogen-bond donors (Lipinski definition) is 3. The summed E-state index contributed by atoms with van der Waals surface area (Å²) in [5, 5.41) is 12.0. The summed E-state index contributed by atoms with van der Waals surface area (Å²) >= 11 is 0. The predicted octanol–water partition coefficient (Wildman–Crippen LogP) is 10.2. The number of ether oxygens (including phenoxy) is 1. The molecular formula is C45H49N3O. The van der Waals surface area contributed by atoms with Crippen LogP contribution in [0.1, 0.15) is 117 Å². The second kappa shape index (κ2) is 13.7. The highest BCUT2D eigenvalue weighted by Gasteiger charge is 2.34. The first-order valence-electron chi connectivity index (χ1n) is 19.0. The quantitative estimate of drug-likeness (QED) is 0.273. The van der Waals surface area contributed by atoms with Gasteiger partial charge >= 0.3 is 0 Å². The van der Waals surface area contributed by atoms with Gasteiger partial charge in [0.25, 0.3) is 0 Å². The van der Waals surface area contributed by atoms with E-state index in [1.165, 1.54) is 88.0 Å². The third-order valence-electron chi connectivity index (χ3n) is 11.8. The van der Waals surface area contributed by atoms with Crippen LogP contribution >= 0.6 is 0 Å². The summed E-state index contributed by atoms with van der Waals surface area (Å²) in [4.78, 5) is 0. The van der Waals surface area contributed by atoms with Gasteiger partial charge in [-0.15, -0.1) is 0 Å². The van der Waals surface area contributed by atoms with Gasteiger partial charge in [-0.2, -0.15) is 0 Å². The number of hydrogen-bond acceptors (Lipinski definition) is 4. The fourth-order valence-electron chi connectivity index (χ4n) is 8.97. The third-order valence-corrected chi connectivity index (χ3v) is 11.8. The van der Waals surface area contributed by atoms with E-state index in [-0.39, 0.29) is 18.5 Å². The largest absolute Gasteiger partial charge is 0.461 e. The molecule has 2 aromatic carbocycles. The fourth-order valence-corrected chi connectivity index (χ4v) is 8.97. The van der Waals surface area contributed by atoms with Crippen LogP contribution in [0.25, 0.3) is 5.57 Å². The first kappa shape index (κ1) is 31.1. The average molecular weight is 648 g/mol. The molecule has 0 amide bonds. The normalized spacial score (nSPS) is 29.3. The van der Waals surface area contributed by atoms with Gasteiger partial charge in [-0.25, -0.2) is 0 Å². The molecule has 4 nitrogen and oxygen atoms in total. The monoisotopic (exact) mass is 647 g/mol. The molecule has 7 aliphatic rings. The molecule has 2 heterocycles. The molecule has 0 aromatic heterocycles. The molecule has 2 aliphatic heterocycles. The van der Waals surface area contributed by atoms with Gasteiger partial charge in [0.1, 0.15) is 11.5 Å². The van der Waals surface area contributed by atoms with Crippen molar-refractivity contribution in [1.82, 2.24) is 16.0 Å². The molecule has 5 atom stereocenters.